The minimum Gasteiger partial charge on any atom is -0.379 e. The summed E-state index contributed by atoms with van der Waals surface area (Å²) in [6, 6.07) is 17.9. The van der Waals surface area contributed by atoms with Crippen molar-refractivity contribution in [1.82, 2.24) is 29.9 Å². The summed E-state index contributed by atoms with van der Waals surface area (Å²) in [6.45, 7) is 9.96. The number of sulfone groups is 3. The summed E-state index contributed by atoms with van der Waals surface area (Å²) in [6.07, 6.45) is 5.69. The van der Waals surface area contributed by atoms with E-state index in [1.807, 2.05) is 53.7 Å². The first-order chi connectivity index (χ1) is 38.2. The van der Waals surface area contributed by atoms with E-state index in [4.69, 9.17) is 31.4 Å². The second-order valence-electron chi connectivity index (χ2n) is 20.4. The maximum absolute atomic E-state index is 14.9. The van der Waals surface area contributed by atoms with Crippen LogP contribution in [0, 0.1) is 38.2 Å². The molecule has 3 aliphatic heterocycles. The van der Waals surface area contributed by atoms with Gasteiger partial charge in [0.1, 0.15) is 34.9 Å². The van der Waals surface area contributed by atoms with Crippen LogP contribution in [0.5, 0.6) is 0 Å². The number of nitrogens with two attached hydrogens (primary N) is 3. The van der Waals surface area contributed by atoms with E-state index in [-0.39, 0.29) is 35.1 Å². The summed E-state index contributed by atoms with van der Waals surface area (Å²) in [7, 11) is -9.70. The molecule has 3 aromatic heterocycles. The monoisotopic (exact) mass is 1180 g/mol. The Kier molecular flexibility index (Phi) is 20.5. The van der Waals surface area contributed by atoms with Gasteiger partial charge in [0.2, 0.25) is 17.8 Å². The number of ether oxygens (including phenoxy) is 3. The first kappa shape index (κ1) is 61.8. The zero-order valence-electron chi connectivity index (χ0n) is 46.1. The van der Waals surface area contributed by atoms with Gasteiger partial charge in [-0.15, -0.1) is 0 Å². The van der Waals surface area contributed by atoms with Crippen LogP contribution >= 0.6 is 0 Å². The van der Waals surface area contributed by atoms with Crippen molar-refractivity contribution in [2.45, 2.75) is 75.4 Å². The number of benzene rings is 3. The molecule has 438 valence electrons. The predicted octanol–water partition coefficient (Wildman–Crippen LogP) is 6.06. The molecule has 3 saturated heterocycles. The smallest absolute Gasteiger partial charge is 0.222 e. The van der Waals surface area contributed by atoms with Crippen LogP contribution in [0.2, 0.25) is 0 Å². The Morgan fingerprint density at radius 3 is 0.926 bits per heavy atom. The summed E-state index contributed by atoms with van der Waals surface area (Å²) in [5, 5.41) is 0. The molecule has 0 spiro atoms. The van der Waals surface area contributed by atoms with Gasteiger partial charge in [-0.1, -0.05) is 36.4 Å². The summed E-state index contributed by atoms with van der Waals surface area (Å²) < 4.78 is 130. The number of aromatic nitrogens is 6. The Labute approximate surface area is 471 Å². The van der Waals surface area contributed by atoms with E-state index in [0.717, 1.165) is 55.1 Å². The van der Waals surface area contributed by atoms with Crippen molar-refractivity contribution in [1.29, 1.82) is 0 Å². The third kappa shape index (κ3) is 18.1. The Morgan fingerprint density at radius 2 is 0.704 bits per heavy atom. The van der Waals surface area contributed by atoms with Crippen molar-refractivity contribution < 1.29 is 52.6 Å². The highest BCUT2D eigenvalue weighted by Gasteiger charge is 2.31. The maximum atomic E-state index is 14.9. The Balaban J connectivity index is 0.000000175. The van der Waals surface area contributed by atoms with Crippen molar-refractivity contribution in [3.8, 4) is 0 Å². The van der Waals surface area contributed by atoms with Crippen molar-refractivity contribution in [2.75, 3.05) is 110 Å². The van der Waals surface area contributed by atoms with Crippen LogP contribution in [0.15, 0.2) is 72.8 Å². The average molecular weight is 1180 g/mol. The molecule has 0 saturated carbocycles. The molecule has 6 aromatic rings. The van der Waals surface area contributed by atoms with E-state index in [9.17, 15) is 38.4 Å². The molecule has 6 N–H and O–H groups in total. The van der Waals surface area contributed by atoms with E-state index in [1.54, 1.807) is 36.4 Å². The molecule has 0 radical (unpaired) electrons. The Morgan fingerprint density at radius 1 is 0.444 bits per heavy atom. The molecule has 3 aromatic carbocycles. The van der Waals surface area contributed by atoms with Gasteiger partial charge in [-0.2, -0.15) is 15.0 Å². The third-order valence-electron chi connectivity index (χ3n) is 13.0. The molecule has 3 fully saturated rings. The minimum absolute atomic E-state index is 0.165. The zero-order valence-corrected chi connectivity index (χ0v) is 48.5. The Bertz CT molecular complexity index is 3110. The van der Waals surface area contributed by atoms with E-state index in [2.05, 4.69) is 29.9 Å². The van der Waals surface area contributed by atoms with E-state index >= 15 is 0 Å². The van der Waals surface area contributed by atoms with E-state index in [1.165, 1.54) is 18.2 Å². The number of aryl methyl sites for hydroxylation is 3. The second-order valence-corrected chi connectivity index (χ2v) is 26.8. The number of rotatable bonds is 12. The number of nitrogen functional groups attached to an aromatic ring is 3. The molecule has 9 rings (SSSR count). The van der Waals surface area contributed by atoms with Gasteiger partial charge in [0, 0.05) is 110 Å². The fourth-order valence-corrected chi connectivity index (χ4v) is 12.1. The molecule has 0 amide bonds. The molecular formula is C54H69F3N12O9S3. The summed E-state index contributed by atoms with van der Waals surface area (Å²) in [5.41, 5.74) is 22.1. The lowest BCUT2D eigenvalue weighted by Gasteiger charge is -2.31. The van der Waals surface area contributed by atoms with E-state index in [0.29, 0.717) is 110 Å². The van der Waals surface area contributed by atoms with Crippen molar-refractivity contribution in [3.05, 3.63) is 141 Å². The van der Waals surface area contributed by atoms with Gasteiger partial charge in [-0.3, -0.25) is 0 Å². The van der Waals surface area contributed by atoms with Gasteiger partial charge >= 0.3 is 0 Å². The summed E-state index contributed by atoms with van der Waals surface area (Å²) in [5.74, 6) is 0.375. The predicted molar refractivity (Wildman–Crippen MR) is 305 cm³/mol. The molecule has 21 nitrogen and oxygen atoms in total. The van der Waals surface area contributed by atoms with E-state index < -0.39 is 65.1 Å². The largest absolute Gasteiger partial charge is 0.379 e. The minimum atomic E-state index is -3.23. The van der Waals surface area contributed by atoms with Crippen LogP contribution < -0.4 is 31.9 Å². The summed E-state index contributed by atoms with van der Waals surface area (Å²) >= 11 is 0. The molecule has 0 bridgehead atoms. The number of nitrogens with zero attached hydrogens (tertiary/aromatic N) is 9. The highest BCUT2D eigenvalue weighted by Crippen LogP contribution is 2.35. The number of anilines is 6. The lowest BCUT2D eigenvalue weighted by atomic mass is 10.0. The summed E-state index contributed by atoms with van der Waals surface area (Å²) in [4.78, 5) is 31.1. The molecule has 0 aliphatic carbocycles. The van der Waals surface area contributed by atoms with Gasteiger partial charge in [-0.05, 0) is 74.9 Å². The quantitative estimate of drug-likeness (QED) is 0.125. The topological polar surface area (TPSA) is 295 Å². The molecule has 6 heterocycles. The number of halogens is 3. The molecule has 27 heteroatoms. The van der Waals surface area contributed by atoms with Crippen LogP contribution in [-0.2, 0) is 61.0 Å². The first-order valence-corrected chi connectivity index (χ1v) is 32.1. The van der Waals surface area contributed by atoms with Crippen molar-refractivity contribution in [3.63, 3.8) is 0 Å². The molecule has 81 heavy (non-hydrogen) atoms. The van der Waals surface area contributed by atoms with Gasteiger partial charge in [0.15, 0.2) is 29.5 Å². The molecular weight excluding hydrogens is 1110 g/mol. The van der Waals surface area contributed by atoms with Crippen LogP contribution in [0.1, 0.15) is 87.9 Å². The van der Waals surface area contributed by atoms with Crippen LogP contribution in [0.3, 0.4) is 0 Å². The van der Waals surface area contributed by atoms with Gasteiger partial charge in [0.25, 0.3) is 0 Å². The highest BCUT2D eigenvalue weighted by molar-refractivity contribution is 7.90. The third-order valence-corrected chi connectivity index (χ3v) is 15.6. The normalized spacial score (nSPS) is 18.3. The van der Waals surface area contributed by atoms with Gasteiger partial charge < -0.3 is 46.1 Å². The SMILES string of the molecule is Cc1cc(N2CCCOCC2c2ccc(CS(C)(=O)=O)cc2F)nc(N)n1.Cc1cc(N2CCCOC[C@@H]2c2ccc(CS(C)(=O)=O)cc2F)nc(N)n1.Cc1cc(N2CCCOC[C@H]2c2ccc(CS(C)(=O)=O)cc2F)nc(N)n1. The van der Waals surface area contributed by atoms with Crippen LogP contribution in [0.4, 0.5) is 48.5 Å². The zero-order chi connectivity index (χ0) is 58.8. The fourth-order valence-electron chi connectivity index (χ4n) is 9.79. The Hall–Kier alpha value is -6.78. The standard InChI is InChI=1S/3C18H23FN4O3S/c3*1-12-8-17(22-18(20)21-12)23-6-3-7-26-10-16(23)14-5-4-13(9-15(14)19)11-27(2,24)25/h3*4-5,8-9,16H,3,6-7,10-11H2,1-2H3,(H2,20,21,22)/t2*16-;/m10./s1. The lowest BCUT2D eigenvalue weighted by molar-refractivity contribution is 0.133. The maximum Gasteiger partial charge on any atom is 0.222 e. The lowest BCUT2D eigenvalue weighted by Crippen LogP contribution is -2.32. The highest BCUT2D eigenvalue weighted by atomic mass is 32.2. The van der Waals surface area contributed by atoms with Crippen molar-refractivity contribution in [2.24, 2.45) is 0 Å². The first-order valence-electron chi connectivity index (χ1n) is 25.9. The molecule has 3 atom stereocenters. The van der Waals surface area contributed by atoms with Crippen molar-refractivity contribution >= 4 is 64.8 Å². The number of hydrogen-bond acceptors (Lipinski definition) is 21. The van der Waals surface area contributed by atoms with Crippen LogP contribution in [0.25, 0.3) is 0 Å². The molecule has 3 aliphatic rings. The van der Waals surface area contributed by atoms with Gasteiger partial charge in [0.05, 0.1) is 55.2 Å². The number of hydrogen-bond donors (Lipinski definition) is 3. The van der Waals surface area contributed by atoms with Crippen LogP contribution in [-0.4, -0.2) is 133 Å². The average Bonchev–Trinajstić information content (AvgIpc) is 3.87. The fraction of sp³-hybridized carbons (Fsp3) is 0.444. The van der Waals surface area contributed by atoms with Gasteiger partial charge in [-0.25, -0.2) is 53.4 Å². The molecule has 1 unspecified atom stereocenters. The second kappa shape index (κ2) is 26.9.